The van der Waals surface area contributed by atoms with Crippen LogP contribution in [0.1, 0.15) is 32.6 Å². The van der Waals surface area contributed by atoms with E-state index in [1.165, 1.54) is 18.1 Å². The van der Waals surface area contributed by atoms with Gasteiger partial charge in [0.2, 0.25) is 5.91 Å². The van der Waals surface area contributed by atoms with E-state index in [0.29, 0.717) is 19.4 Å². The fourth-order valence-electron chi connectivity index (χ4n) is 2.26. The minimum Gasteiger partial charge on any atom is -0.466 e. The summed E-state index contributed by atoms with van der Waals surface area (Å²) in [6, 6.07) is -0.981. The number of amides is 2. The average Bonchev–Trinajstić information content (AvgIpc) is 2.50. The Morgan fingerprint density at radius 2 is 2.14 bits per heavy atom. The molecule has 1 rings (SSSR count). The van der Waals surface area contributed by atoms with E-state index < -0.39 is 18.1 Å². The summed E-state index contributed by atoms with van der Waals surface area (Å²) in [5.74, 6) is -0.814. The Morgan fingerprint density at radius 1 is 1.43 bits per heavy atom. The van der Waals surface area contributed by atoms with Gasteiger partial charge in [-0.25, -0.2) is 9.59 Å². The molecule has 0 spiro atoms. The molecule has 1 saturated heterocycles. The summed E-state index contributed by atoms with van der Waals surface area (Å²) >= 11 is 0. The van der Waals surface area contributed by atoms with Gasteiger partial charge in [-0.3, -0.25) is 9.69 Å². The second-order valence-electron chi connectivity index (χ2n) is 4.89. The molecule has 0 aromatic carbocycles. The van der Waals surface area contributed by atoms with E-state index in [9.17, 15) is 14.4 Å². The van der Waals surface area contributed by atoms with E-state index >= 15 is 0 Å². The van der Waals surface area contributed by atoms with Crippen molar-refractivity contribution in [2.75, 3.05) is 13.7 Å². The van der Waals surface area contributed by atoms with Gasteiger partial charge in [0.25, 0.3) is 0 Å². The maximum Gasteiger partial charge on any atom is 0.407 e. The van der Waals surface area contributed by atoms with Crippen LogP contribution in [0.5, 0.6) is 0 Å². The number of hydrogen-bond acceptors (Lipinski definition) is 4. The lowest BCUT2D eigenvalue weighted by molar-refractivity contribution is -0.135. The Labute approximate surface area is 123 Å². The molecular weight excluding hydrogens is 276 g/mol. The van der Waals surface area contributed by atoms with Crippen LogP contribution >= 0.6 is 0 Å². The first-order chi connectivity index (χ1) is 9.99. The van der Waals surface area contributed by atoms with Crippen molar-refractivity contribution in [1.82, 2.24) is 10.2 Å². The molecular formula is C14H22N2O5. The molecule has 0 radical (unpaired) electrons. The Morgan fingerprint density at radius 3 is 2.71 bits per heavy atom. The van der Waals surface area contributed by atoms with Crippen molar-refractivity contribution < 1.29 is 24.2 Å². The third kappa shape index (κ3) is 5.09. The van der Waals surface area contributed by atoms with E-state index in [1.807, 2.05) is 6.92 Å². The van der Waals surface area contributed by atoms with Gasteiger partial charge < -0.3 is 15.2 Å². The third-order valence-electron chi connectivity index (χ3n) is 3.48. The first-order valence-electron chi connectivity index (χ1n) is 7.05. The van der Waals surface area contributed by atoms with Crippen LogP contribution in [0.3, 0.4) is 0 Å². The summed E-state index contributed by atoms with van der Waals surface area (Å²) in [5.41, 5.74) is 0. The zero-order chi connectivity index (χ0) is 15.8. The number of piperidine rings is 1. The number of carbonyl (C=O) groups excluding carboxylic acids is 2. The molecule has 1 aliphatic heterocycles. The number of nitrogens with one attached hydrogen (secondary N) is 1. The predicted molar refractivity (Wildman–Crippen MR) is 75.7 cm³/mol. The van der Waals surface area contributed by atoms with Crippen LogP contribution in [0.25, 0.3) is 0 Å². The van der Waals surface area contributed by atoms with Gasteiger partial charge in [-0.1, -0.05) is 13.0 Å². The molecule has 7 heteroatoms. The normalized spacial score (nSPS) is 20.1. The van der Waals surface area contributed by atoms with Gasteiger partial charge in [-0.05, 0) is 25.7 Å². The molecule has 0 bridgehead atoms. The number of nitrogens with zero attached hydrogens (tertiary/aromatic N) is 1. The number of ether oxygens (including phenoxy) is 1. The number of carbonyl (C=O) groups is 3. The Kier molecular flexibility index (Phi) is 6.71. The van der Waals surface area contributed by atoms with Gasteiger partial charge in [-0.15, -0.1) is 0 Å². The SMILES string of the molecule is CC[C@@H](C=CC(=O)OC)NC(=O)[C@@H]1CCCCN1C(=O)O. The molecule has 0 aliphatic carbocycles. The zero-order valence-corrected chi connectivity index (χ0v) is 12.4. The largest absolute Gasteiger partial charge is 0.466 e. The number of likely N-dealkylation sites (tertiary alicyclic amines) is 1. The van der Waals surface area contributed by atoms with Crippen LogP contribution in [0, 0.1) is 0 Å². The lowest BCUT2D eigenvalue weighted by Crippen LogP contribution is -2.53. The van der Waals surface area contributed by atoms with Crippen molar-refractivity contribution in [3.63, 3.8) is 0 Å². The lowest BCUT2D eigenvalue weighted by Gasteiger charge is -2.33. The van der Waals surface area contributed by atoms with E-state index in [1.54, 1.807) is 6.08 Å². The van der Waals surface area contributed by atoms with Crippen molar-refractivity contribution in [2.45, 2.75) is 44.7 Å². The number of rotatable bonds is 5. The highest BCUT2D eigenvalue weighted by Gasteiger charge is 2.32. The third-order valence-corrected chi connectivity index (χ3v) is 3.48. The van der Waals surface area contributed by atoms with Crippen molar-refractivity contribution in [3.8, 4) is 0 Å². The average molecular weight is 298 g/mol. The predicted octanol–water partition coefficient (Wildman–Crippen LogP) is 1.14. The van der Waals surface area contributed by atoms with E-state index in [4.69, 9.17) is 5.11 Å². The van der Waals surface area contributed by atoms with Crippen LogP contribution in [0.4, 0.5) is 4.79 Å². The highest BCUT2D eigenvalue weighted by molar-refractivity contribution is 5.86. The van der Waals surface area contributed by atoms with E-state index in [0.717, 1.165) is 12.8 Å². The minimum absolute atomic E-state index is 0.321. The Balaban J connectivity index is 2.66. The highest BCUT2D eigenvalue weighted by Crippen LogP contribution is 2.17. The van der Waals surface area contributed by atoms with Gasteiger partial charge in [0.15, 0.2) is 0 Å². The quantitative estimate of drug-likeness (QED) is 0.586. The van der Waals surface area contributed by atoms with Gasteiger partial charge in [0.1, 0.15) is 6.04 Å². The number of carboxylic acid groups (broad SMARTS) is 1. The smallest absolute Gasteiger partial charge is 0.407 e. The second kappa shape index (κ2) is 8.28. The first kappa shape index (κ1) is 17.0. The number of esters is 1. The molecule has 2 N–H and O–H groups in total. The second-order valence-corrected chi connectivity index (χ2v) is 4.89. The van der Waals surface area contributed by atoms with Crippen molar-refractivity contribution >= 4 is 18.0 Å². The molecule has 0 aromatic rings. The summed E-state index contributed by atoms with van der Waals surface area (Å²) in [5, 5.41) is 11.9. The van der Waals surface area contributed by atoms with Crippen molar-refractivity contribution in [3.05, 3.63) is 12.2 Å². The van der Waals surface area contributed by atoms with Crippen molar-refractivity contribution in [2.24, 2.45) is 0 Å². The Hall–Kier alpha value is -2.05. The lowest BCUT2D eigenvalue weighted by atomic mass is 10.0. The van der Waals surface area contributed by atoms with Crippen LogP contribution in [0.2, 0.25) is 0 Å². The minimum atomic E-state index is -1.08. The molecule has 118 valence electrons. The topological polar surface area (TPSA) is 95.9 Å². The molecule has 0 saturated carbocycles. The fraction of sp³-hybridized carbons (Fsp3) is 0.643. The van der Waals surface area contributed by atoms with Gasteiger partial charge in [-0.2, -0.15) is 0 Å². The molecule has 1 heterocycles. The van der Waals surface area contributed by atoms with Gasteiger partial charge >= 0.3 is 12.1 Å². The maximum absolute atomic E-state index is 12.2. The molecule has 0 aromatic heterocycles. The Bertz CT molecular complexity index is 422. The molecule has 2 amide bonds. The van der Waals surface area contributed by atoms with Crippen LogP contribution in [-0.4, -0.2) is 53.7 Å². The van der Waals surface area contributed by atoms with Gasteiger partial charge in [0.05, 0.1) is 7.11 Å². The van der Waals surface area contributed by atoms with Crippen LogP contribution in [-0.2, 0) is 14.3 Å². The number of hydrogen-bond donors (Lipinski definition) is 2. The maximum atomic E-state index is 12.2. The molecule has 2 atom stereocenters. The summed E-state index contributed by atoms with van der Waals surface area (Å²) < 4.78 is 4.49. The summed E-state index contributed by atoms with van der Waals surface area (Å²) in [7, 11) is 1.28. The number of methoxy groups -OCH3 is 1. The molecule has 0 unspecified atom stereocenters. The summed E-state index contributed by atoms with van der Waals surface area (Å²) in [6.45, 7) is 2.24. The monoisotopic (exact) mass is 298 g/mol. The van der Waals surface area contributed by atoms with Crippen molar-refractivity contribution in [1.29, 1.82) is 0 Å². The molecule has 21 heavy (non-hydrogen) atoms. The standard InChI is InChI=1S/C14H22N2O5/c1-3-10(7-8-12(17)21-2)15-13(18)11-6-4-5-9-16(11)14(19)20/h7-8,10-11H,3-6,9H2,1-2H3,(H,15,18)(H,19,20)/t10-,11-/m0/s1. The first-order valence-corrected chi connectivity index (χ1v) is 7.05. The highest BCUT2D eigenvalue weighted by atomic mass is 16.5. The van der Waals surface area contributed by atoms with E-state index in [-0.39, 0.29) is 11.9 Å². The molecule has 1 fully saturated rings. The molecule has 7 nitrogen and oxygen atoms in total. The molecule has 1 aliphatic rings. The summed E-state index contributed by atoms with van der Waals surface area (Å²) in [6.07, 6.45) is 4.45. The van der Waals surface area contributed by atoms with Crippen LogP contribution < -0.4 is 5.32 Å². The zero-order valence-electron chi connectivity index (χ0n) is 12.4. The van der Waals surface area contributed by atoms with E-state index in [2.05, 4.69) is 10.1 Å². The van der Waals surface area contributed by atoms with Gasteiger partial charge in [0, 0.05) is 18.7 Å². The van der Waals surface area contributed by atoms with Crippen LogP contribution in [0.15, 0.2) is 12.2 Å². The fourth-order valence-corrected chi connectivity index (χ4v) is 2.26. The summed E-state index contributed by atoms with van der Waals surface area (Å²) in [4.78, 5) is 35.6.